The zero-order valence-electron chi connectivity index (χ0n) is 16.3. The van der Waals surface area contributed by atoms with E-state index < -0.39 is 24.4 Å². The van der Waals surface area contributed by atoms with E-state index in [9.17, 15) is 9.90 Å². The van der Waals surface area contributed by atoms with Crippen LogP contribution in [0.25, 0.3) is 0 Å². The zero-order chi connectivity index (χ0) is 19.0. The Bertz CT molecular complexity index is 621. The van der Waals surface area contributed by atoms with E-state index in [0.29, 0.717) is 6.42 Å². The molecule has 0 aromatic heterocycles. The van der Waals surface area contributed by atoms with Crippen LogP contribution in [0.1, 0.15) is 66.5 Å². The molecule has 1 aromatic rings. The molecule has 1 heterocycles. The predicted molar refractivity (Wildman–Crippen MR) is 100 cm³/mol. The van der Waals surface area contributed by atoms with E-state index in [1.165, 1.54) is 0 Å². The Kier molecular flexibility index (Phi) is 5.27. The minimum atomic E-state index is -1.02. The summed E-state index contributed by atoms with van der Waals surface area (Å²) >= 11 is 0. The maximum Gasteiger partial charge on any atom is 0.494 e. The number of carboxylic acid groups (broad SMARTS) is 1. The molecule has 138 valence electrons. The van der Waals surface area contributed by atoms with Gasteiger partial charge in [0.15, 0.2) is 0 Å². The summed E-state index contributed by atoms with van der Waals surface area (Å²) in [6.07, 6.45) is -0.318. The number of amides is 1. The lowest BCUT2D eigenvalue weighted by Gasteiger charge is -2.32. The van der Waals surface area contributed by atoms with Gasteiger partial charge in [0.1, 0.15) is 0 Å². The van der Waals surface area contributed by atoms with Crippen LogP contribution in [0.2, 0.25) is 0 Å². The Morgan fingerprint density at radius 2 is 1.76 bits per heavy atom. The first-order valence-electron chi connectivity index (χ1n) is 8.76. The lowest BCUT2D eigenvalue weighted by atomic mass is 9.77. The molecular formula is C19H30BNO4. The van der Waals surface area contributed by atoms with Gasteiger partial charge >= 0.3 is 13.2 Å². The molecule has 0 radical (unpaired) electrons. The van der Waals surface area contributed by atoms with Gasteiger partial charge in [-0.2, -0.15) is 0 Å². The van der Waals surface area contributed by atoms with Gasteiger partial charge in [0, 0.05) is 0 Å². The number of benzene rings is 1. The van der Waals surface area contributed by atoms with Crippen molar-refractivity contribution in [1.82, 2.24) is 5.32 Å². The molecule has 1 fully saturated rings. The monoisotopic (exact) mass is 347 g/mol. The van der Waals surface area contributed by atoms with E-state index in [2.05, 4.69) is 26.1 Å². The second-order valence-corrected chi connectivity index (χ2v) is 9.03. The fourth-order valence-electron chi connectivity index (χ4n) is 2.92. The number of rotatable bonds is 4. The molecule has 0 bridgehead atoms. The average Bonchev–Trinajstić information content (AvgIpc) is 2.65. The number of carbonyl (C=O) groups is 1. The molecule has 2 rings (SSSR count). The molecule has 0 unspecified atom stereocenters. The van der Waals surface area contributed by atoms with Crippen molar-refractivity contribution in [2.75, 3.05) is 0 Å². The molecule has 1 atom stereocenters. The molecule has 1 aliphatic heterocycles. The van der Waals surface area contributed by atoms with E-state index in [1.807, 2.05) is 52.0 Å². The van der Waals surface area contributed by atoms with Crippen LogP contribution in [0.4, 0.5) is 4.79 Å². The maximum atomic E-state index is 11.2. The van der Waals surface area contributed by atoms with Crippen molar-refractivity contribution in [2.45, 2.75) is 72.1 Å². The smallest absolute Gasteiger partial charge is 0.465 e. The Morgan fingerprint density at radius 1 is 1.20 bits per heavy atom. The van der Waals surface area contributed by atoms with E-state index in [1.54, 1.807) is 0 Å². The number of hydrogen-bond donors (Lipinski definition) is 2. The molecule has 5 nitrogen and oxygen atoms in total. The van der Waals surface area contributed by atoms with Crippen LogP contribution in [-0.2, 0) is 9.31 Å². The summed E-state index contributed by atoms with van der Waals surface area (Å²) in [6, 6.07) is 7.53. The highest BCUT2D eigenvalue weighted by Gasteiger charge is 2.51. The summed E-state index contributed by atoms with van der Waals surface area (Å²) in [5.41, 5.74) is 1.01. The highest BCUT2D eigenvalue weighted by molar-refractivity contribution is 6.62. The summed E-state index contributed by atoms with van der Waals surface area (Å²) < 4.78 is 12.2. The highest BCUT2D eigenvalue weighted by Crippen LogP contribution is 2.36. The van der Waals surface area contributed by atoms with Crippen molar-refractivity contribution in [3.63, 3.8) is 0 Å². The van der Waals surface area contributed by atoms with E-state index in [-0.39, 0.29) is 11.5 Å². The zero-order valence-corrected chi connectivity index (χ0v) is 16.3. The molecule has 0 aliphatic carbocycles. The first-order chi connectivity index (χ1) is 11.3. The Morgan fingerprint density at radius 3 is 2.24 bits per heavy atom. The number of nitrogens with one attached hydrogen (secondary N) is 1. The molecule has 1 aliphatic rings. The summed E-state index contributed by atoms with van der Waals surface area (Å²) in [5.74, 6) is 0. The highest BCUT2D eigenvalue weighted by atomic mass is 16.7. The molecule has 1 aromatic carbocycles. The molecule has 6 heteroatoms. The summed E-state index contributed by atoms with van der Waals surface area (Å²) in [6.45, 7) is 14.4. The van der Waals surface area contributed by atoms with Crippen molar-refractivity contribution < 1.29 is 19.2 Å². The predicted octanol–water partition coefficient (Wildman–Crippen LogP) is 3.73. The largest absolute Gasteiger partial charge is 0.494 e. The second-order valence-electron chi connectivity index (χ2n) is 9.03. The molecule has 1 saturated heterocycles. The minimum absolute atomic E-state index is 0.00649. The van der Waals surface area contributed by atoms with Gasteiger partial charge in [0.2, 0.25) is 0 Å². The lowest BCUT2D eigenvalue weighted by molar-refractivity contribution is 0.00578. The van der Waals surface area contributed by atoms with Crippen molar-refractivity contribution in [3.05, 3.63) is 29.8 Å². The lowest BCUT2D eigenvalue weighted by Crippen LogP contribution is -2.41. The Hall–Kier alpha value is -1.53. The third-order valence-electron chi connectivity index (χ3n) is 4.95. The topological polar surface area (TPSA) is 67.8 Å². The normalized spacial score (nSPS) is 20.4. The van der Waals surface area contributed by atoms with Gasteiger partial charge in [-0.05, 0) is 50.6 Å². The first kappa shape index (κ1) is 19.8. The van der Waals surface area contributed by atoms with Crippen LogP contribution in [-0.4, -0.2) is 29.5 Å². The second kappa shape index (κ2) is 6.65. The van der Waals surface area contributed by atoms with Gasteiger partial charge < -0.3 is 19.7 Å². The summed E-state index contributed by atoms with van der Waals surface area (Å²) in [5, 5.41) is 11.8. The van der Waals surface area contributed by atoms with Gasteiger partial charge in [-0.25, -0.2) is 4.79 Å². The van der Waals surface area contributed by atoms with Crippen LogP contribution in [0.5, 0.6) is 0 Å². The molecule has 0 spiro atoms. The fourth-order valence-corrected chi connectivity index (χ4v) is 2.92. The Labute approximate surface area is 151 Å². The first-order valence-corrected chi connectivity index (χ1v) is 8.76. The molecule has 25 heavy (non-hydrogen) atoms. The summed E-state index contributed by atoms with van der Waals surface area (Å²) in [7, 11) is -0.454. The van der Waals surface area contributed by atoms with E-state index in [0.717, 1.165) is 11.0 Å². The Balaban J connectivity index is 2.29. The SMILES string of the molecule is CC(C)(C)C[C@H](NC(=O)O)c1cccc(B2OC(C)(C)C(C)(C)O2)c1. The van der Waals surface area contributed by atoms with Crippen LogP contribution in [0.3, 0.4) is 0 Å². The summed E-state index contributed by atoms with van der Waals surface area (Å²) in [4.78, 5) is 11.2. The third kappa shape index (κ3) is 4.76. The molecule has 0 saturated carbocycles. The van der Waals surface area contributed by atoms with Crippen molar-refractivity contribution in [2.24, 2.45) is 5.41 Å². The quantitative estimate of drug-likeness (QED) is 0.815. The molecular weight excluding hydrogens is 317 g/mol. The maximum absolute atomic E-state index is 11.2. The van der Waals surface area contributed by atoms with Gasteiger partial charge in [-0.3, -0.25) is 0 Å². The van der Waals surface area contributed by atoms with Crippen molar-refractivity contribution in [1.29, 1.82) is 0 Å². The van der Waals surface area contributed by atoms with Gasteiger partial charge in [-0.1, -0.05) is 45.0 Å². The van der Waals surface area contributed by atoms with Crippen LogP contribution in [0.15, 0.2) is 24.3 Å². The van der Waals surface area contributed by atoms with Crippen LogP contribution in [0, 0.1) is 5.41 Å². The fraction of sp³-hybridized carbons (Fsp3) is 0.632. The van der Waals surface area contributed by atoms with Crippen molar-refractivity contribution in [3.8, 4) is 0 Å². The minimum Gasteiger partial charge on any atom is -0.465 e. The number of hydrogen-bond acceptors (Lipinski definition) is 3. The molecule has 1 amide bonds. The average molecular weight is 347 g/mol. The van der Waals surface area contributed by atoms with Gasteiger partial charge in [0.25, 0.3) is 0 Å². The molecule has 2 N–H and O–H groups in total. The standard InChI is InChI=1S/C19H30BNO4/c1-17(2,3)12-15(21-16(22)23)13-9-8-10-14(11-13)20-24-18(4,5)19(6,7)25-20/h8-11,15,21H,12H2,1-7H3,(H,22,23)/t15-/m0/s1. The van der Waals surface area contributed by atoms with Crippen LogP contribution < -0.4 is 10.8 Å². The van der Waals surface area contributed by atoms with Crippen LogP contribution >= 0.6 is 0 Å². The van der Waals surface area contributed by atoms with E-state index in [4.69, 9.17) is 9.31 Å². The third-order valence-corrected chi connectivity index (χ3v) is 4.95. The van der Waals surface area contributed by atoms with E-state index >= 15 is 0 Å². The van der Waals surface area contributed by atoms with Crippen molar-refractivity contribution >= 4 is 18.7 Å². The van der Waals surface area contributed by atoms with Gasteiger partial charge in [0.05, 0.1) is 17.2 Å². The van der Waals surface area contributed by atoms with Gasteiger partial charge in [-0.15, -0.1) is 0 Å².